The first kappa shape index (κ1) is 17.6. The van der Waals surface area contributed by atoms with E-state index in [9.17, 15) is 4.79 Å². The average Bonchev–Trinajstić information content (AvgIpc) is 2.60. The van der Waals surface area contributed by atoms with Crippen molar-refractivity contribution in [2.24, 2.45) is 5.41 Å². The molecule has 1 unspecified atom stereocenters. The second kappa shape index (κ2) is 6.24. The van der Waals surface area contributed by atoms with Crippen LogP contribution >= 0.6 is 11.6 Å². The highest BCUT2D eigenvalue weighted by Gasteiger charge is 2.54. The van der Waals surface area contributed by atoms with Crippen molar-refractivity contribution < 1.29 is 9.53 Å². The molecule has 1 spiro atoms. The lowest BCUT2D eigenvalue weighted by Crippen LogP contribution is -2.74. The van der Waals surface area contributed by atoms with Crippen LogP contribution in [0.2, 0.25) is 5.02 Å². The van der Waals surface area contributed by atoms with Crippen LogP contribution in [-0.2, 0) is 0 Å². The van der Waals surface area contributed by atoms with E-state index in [1.807, 2.05) is 35.9 Å². The molecule has 7 nitrogen and oxygen atoms in total. The molecule has 0 radical (unpaired) electrons. The van der Waals surface area contributed by atoms with E-state index in [-0.39, 0.29) is 17.5 Å². The van der Waals surface area contributed by atoms with Crippen LogP contribution in [0.4, 0.5) is 16.3 Å². The second-order valence-corrected chi connectivity index (χ2v) is 8.59. The molecule has 0 aliphatic carbocycles. The number of ether oxygens (including phenoxy) is 1. The van der Waals surface area contributed by atoms with E-state index in [4.69, 9.17) is 16.3 Å². The van der Waals surface area contributed by atoms with Gasteiger partial charge in [0.25, 0.3) is 0 Å². The lowest BCUT2D eigenvalue weighted by molar-refractivity contribution is 0.00854. The van der Waals surface area contributed by atoms with Crippen molar-refractivity contribution in [2.45, 2.75) is 19.9 Å². The van der Waals surface area contributed by atoms with Gasteiger partial charge >= 0.3 is 6.03 Å². The molecule has 2 saturated heterocycles. The summed E-state index contributed by atoms with van der Waals surface area (Å²) >= 11 is 6.07. The summed E-state index contributed by atoms with van der Waals surface area (Å²) < 4.78 is 5.76. The summed E-state index contributed by atoms with van der Waals surface area (Å²) in [6, 6.07) is 5.46. The van der Waals surface area contributed by atoms with Crippen LogP contribution in [0.15, 0.2) is 30.6 Å². The molecule has 0 bridgehead atoms. The topological polar surface area (TPSA) is 61.8 Å². The number of nitrogens with zero attached hydrogens (tertiary/aromatic N) is 5. The number of benzene rings is 1. The molecule has 0 N–H and O–H groups in total. The molecule has 2 fully saturated rings. The van der Waals surface area contributed by atoms with Gasteiger partial charge in [0, 0.05) is 42.7 Å². The Balaban J connectivity index is 1.25. The van der Waals surface area contributed by atoms with Crippen LogP contribution in [0.3, 0.4) is 0 Å². The van der Waals surface area contributed by atoms with Gasteiger partial charge < -0.3 is 14.5 Å². The number of fused-ring (bicyclic) bond motifs is 1. The number of urea groups is 1. The van der Waals surface area contributed by atoms with Gasteiger partial charge in [0.15, 0.2) is 0 Å². The first-order valence-electron chi connectivity index (χ1n) is 9.48. The van der Waals surface area contributed by atoms with E-state index in [1.165, 1.54) is 0 Å². The molecule has 146 valence electrons. The standard InChI is InChI=1S/C20H22ClN5O2/c1-13-6-23-18(7-22-13)24-9-20(10-24)11-25(12-20)19(27)26-14(2)8-28-17-5-15(21)3-4-16(17)26/h3-7,14H,8-12H2,1-2H3. The first-order chi connectivity index (χ1) is 13.4. The number of carbonyl (C=O) groups is 1. The van der Waals surface area contributed by atoms with Crippen molar-refractivity contribution in [1.29, 1.82) is 0 Å². The number of carbonyl (C=O) groups excluding carboxylic acids is 1. The zero-order valence-corrected chi connectivity index (χ0v) is 16.7. The molecule has 3 aliphatic rings. The molecule has 4 heterocycles. The smallest absolute Gasteiger partial charge is 0.325 e. The molecule has 0 saturated carbocycles. The summed E-state index contributed by atoms with van der Waals surface area (Å²) in [5, 5.41) is 0.609. The number of likely N-dealkylation sites (tertiary alicyclic amines) is 1. The quantitative estimate of drug-likeness (QED) is 0.737. The van der Waals surface area contributed by atoms with Crippen LogP contribution in [0, 0.1) is 12.3 Å². The molecule has 2 aromatic rings. The van der Waals surface area contributed by atoms with E-state index in [0.29, 0.717) is 17.4 Å². The molecule has 2 amide bonds. The summed E-state index contributed by atoms with van der Waals surface area (Å²) in [5.41, 5.74) is 1.89. The Kier molecular flexibility index (Phi) is 3.91. The van der Waals surface area contributed by atoms with Gasteiger partial charge in [-0.15, -0.1) is 0 Å². The van der Waals surface area contributed by atoms with Crippen LogP contribution in [0.5, 0.6) is 5.75 Å². The Hall–Kier alpha value is -2.54. The third-order valence-corrected chi connectivity index (χ3v) is 6.01. The van der Waals surface area contributed by atoms with E-state index in [1.54, 1.807) is 18.3 Å². The zero-order valence-electron chi connectivity index (χ0n) is 15.9. The fraction of sp³-hybridized carbons (Fsp3) is 0.450. The molecular formula is C20H22ClN5O2. The molecule has 5 rings (SSSR count). The normalized spacial score (nSPS) is 22.2. The Morgan fingerprint density at radius 2 is 2.00 bits per heavy atom. The van der Waals surface area contributed by atoms with E-state index < -0.39 is 0 Å². The van der Waals surface area contributed by atoms with Crippen molar-refractivity contribution in [2.75, 3.05) is 42.6 Å². The number of anilines is 2. The van der Waals surface area contributed by atoms with Gasteiger partial charge in [-0.1, -0.05) is 11.6 Å². The fourth-order valence-electron chi connectivity index (χ4n) is 4.34. The molecular weight excluding hydrogens is 378 g/mol. The predicted octanol–water partition coefficient (Wildman–Crippen LogP) is 2.97. The maximum Gasteiger partial charge on any atom is 0.325 e. The summed E-state index contributed by atoms with van der Waals surface area (Å²) in [4.78, 5) is 27.9. The highest BCUT2D eigenvalue weighted by Crippen LogP contribution is 2.43. The van der Waals surface area contributed by atoms with Crippen molar-refractivity contribution in [1.82, 2.24) is 14.9 Å². The minimum atomic E-state index is -0.0153. The number of hydrogen-bond donors (Lipinski definition) is 0. The van der Waals surface area contributed by atoms with Crippen molar-refractivity contribution in [3.8, 4) is 5.75 Å². The van der Waals surface area contributed by atoms with Gasteiger partial charge in [0.2, 0.25) is 0 Å². The summed E-state index contributed by atoms with van der Waals surface area (Å²) in [7, 11) is 0. The number of amides is 2. The highest BCUT2D eigenvalue weighted by atomic mass is 35.5. The van der Waals surface area contributed by atoms with Gasteiger partial charge in [-0.25, -0.2) is 9.78 Å². The average molecular weight is 400 g/mol. The Bertz CT molecular complexity index is 921. The van der Waals surface area contributed by atoms with Gasteiger partial charge in [-0.3, -0.25) is 9.88 Å². The monoisotopic (exact) mass is 399 g/mol. The minimum absolute atomic E-state index is 0.0153. The Labute approximate surface area is 168 Å². The Morgan fingerprint density at radius 3 is 2.71 bits per heavy atom. The van der Waals surface area contributed by atoms with E-state index in [0.717, 1.165) is 43.4 Å². The zero-order chi connectivity index (χ0) is 19.5. The van der Waals surface area contributed by atoms with Crippen molar-refractivity contribution in [3.63, 3.8) is 0 Å². The molecule has 1 aromatic heterocycles. The van der Waals surface area contributed by atoms with E-state index >= 15 is 0 Å². The summed E-state index contributed by atoms with van der Waals surface area (Å²) in [5.74, 6) is 1.58. The van der Waals surface area contributed by atoms with Crippen LogP contribution < -0.4 is 14.5 Å². The molecule has 3 aliphatic heterocycles. The number of rotatable bonds is 1. The number of hydrogen-bond acceptors (Lipinski definition) is 5. The van der Waals surface area contributed by atoms with Gasteiger partial charge in [-0.05, 0) is 26.0 Å². The predicted molar refractivity (Wildman–Crippen MR) is 107 cm³/mol. The molecule has 28 heavy (non-hydrogen) atoms. The minimum Gasteiger partial charge on any atom is -0.489 e. The number of aromatic nitrogens is 2. The third kappa shape index (κ3) is 2.76. The fourth-order valence-corrected chi connectivity index (χ4v) is 4.50. The van der Waals surface area contributed by atoms with Crippen molar-refractivity contribution in [3.05, 3.63) is 41.3 Å². The molecule has 1 atom stereocenters. The SMILES string of the molecule is Cc1cnc(N2CC3(CN(C(=O)N4c5ccc(Cl)cc5OCC4C)C3)C2)cn1. The third-order valence-electron chi connectivity index (χ3n) is 5.78. The molecule has 1 aromatic carbocycles. The lowest BCUT2D eigenvalue weighted by atomic mass is 9.73. The maximum atomic E-state index is 13.2. The van der Waals surface area contributed by atoms with Gasteiger partial charge in [-0.2, -0.15) is 0 Å². The highest BCUT2D eigenvalue weighted by molar-refractivity contribution is 6.30. The lowest BCUT2D eigenvalue weighted by Gasteiger charge is -2.61. The second-order valence-electron chi connectivity index (χ2n) is 8.15. The number of aryl methyl sites for hydroxylation is 1. The summed E-state index contributed by atoms with van der Waals surface area (Å²) in [6.07, 6.45) is 3.61. The summed E-state index contributed by atoms with van der Waals surface area (Å²) in [6.45, 7) is 7.79. The van der Waals surface area contributed by atoms with Gasteiger partial charge in [0.05, 0.1) is 29.8 Å². The Morgan fingerprint density at radius 1 is 1.21 bits per heavy atom. The largest absolute Gasteiger partial charge is 0.489 e. The van der Waals surface area contributed by atoms with Crippen LogP contribution in [0.1, 0.15) is 12.6 Å². The maximum absolute atomic E-state index is 13.2. The van der Waals surface area contributed by atoms with Crippen LogP contribution in [-0.4, -0.2) is 59.7 Å². The molecule has 8 heteroatoms. The van der Waals surface area contributed by atoms with Gasteiger partial charge in [0.1, 0.15) is 18.2 Å². The van der Waals surface area contributed by atoms with E-state index in [2.05, 4.69) is 14.9 Å². The number of halogens is 1. The van der Waals surface area contributed by atoms with Crippen molar-refractivity contribution >= 4 is 29.1 Å². The van der Waals surface area contributed by atoms with Crippen LogP contribution in [0.25, 0.3) is 0 Å². The first-order valence-corrected chi connectivity index (χ1v) is 9.86.